The molecule has 7 nitrogen and oxygen atoms in total. The molecule has 25 heavy (non-hydrogen) atoms. The average Bonchev–Trinajstić information content (AvgIpc) is 2.84. The maximum absolute atomic E-state index is 11.9. The minimum absolute atomic E-state index is 0.193. The smallest absolute Gasteiger partial charge is 0.350 e. The van der Waals surface area contributed by atoms with E-state index in [1.807, 2.05) is 38.1 Å². The molecule has 2 heterocycles. The van der Waals surface area contributed by atoms with Gasteiger partial charge in [0.25, 0.3) is 5.79 Å². The summed E-state index contributed by atoms with van der Waals surface area (Å²) in [5.41, 5.74) is 3.11. The molecule has 2 aromatic rings. The minimum Gasteiger partial charge on any atom is -0.419 e. The first kappa shape index (κ1) is 16.8. The maximum atomic E-state index is 11.9. The molecule has 0 atom stereocenters. The monoisotopic (exact) mass is 342 g/mol. The topological polar surface area (TPSA) is 90.7 Å². The van der Waals surface area contributed by atoms with Crippen LogP contribution in [0.1, 0.15) is 25.3 Å². The summed E-state index contributed by atoms with van der Waals surface area (Å²) in [6.45, 7) is 6.71. The van der Waals surface area contributed by atoms with Gasteiger partial charge in [0.2, 0.25) is 0 Å². The van der Waals surface area contributed by atoms with Crippen molar-refractivity contribution in [1.29, 1.82) is 0 Å². The number of aryl methyl sites for hydroxylation is 2. The van der Waals surface area contributed by atoms with Gasteiger partial charge in [-0.3, -0.25) is 0 Å². The number of ether oxygens (including phenoxy) is 2. The van der Waals surface area contributed by atoms with Gasteiger partial charge in [-0.1, -0.05) is 17.3 Å². The molecule has 0 aliphatic carbocycles. The molecule has 0 spiro atoms. The summed E-state index contributed by atoms with van der Waals surface area (Å²) in [6, 6.07) is 7.45. The van der Waals surface area contributed by atoms with E-state index in [1.165, 1.54) is 20.0 Å². The van der Waals surface area contributed by atoms with E-state index in [-0.39, 0.29) is 5.57 Å². The molecule has 3 rings (SSSR count). The Bertz CT molecular complexity index is 838. The number of nitrogens with zero attached hydrogens (tertiary/aromatic N) is 1. The second kappa shape index (κ2) is 6.08. The van der Waals surface area contributed by atoms with E-state index >= 15 is 0 Å². The van der Waals surface area contributed by atoms with Crippen molar-refractivity contribution in [3.8, 4) is 11.1 Å². The van der Waals surface area contributed by atoms with E-state index in [4.69, 9.17) is 14.0 Å². The first-order valence-corrected chi connectivity index (χ1v) is 7.73. The maximum Gasteiger partial charge on any atom is 0.350 e. The van der Waals surface area contributed by atoms with Crippen molar-refractivity contribution in [3.05, 3.63) is 47.5 Å². The first-order chi connectivity index (χ1) is 11.8. The number of nitrogens with one attached hydrogen (secondary N) is 1. The van der Waals surface area contributed by atoms with Gasteiger partial charge in [0, 0.05) is 31.3 Å². The molecule has 1 aliphatic rings. The van der Waals surface area contributed by atoms with Gasteiger partial charge < -0.3 is 19.3 Å². The summed E-state index contributed by atoms with van der Waals surface area (Å²) in [5, 5.41) is 6.87. The normalized spacial score (nSPS) is 16.2. The molecule has 0 saturated carbocycles. The van der Waals surface area contributed by atoms with Gasteiger partial charge in [-0.05, 0) is 31.5 Å². The summed E-state index contributed by atoms with van der Waals surface area (Å²) in [6.07, 6.45) is 1.28. The van der Waals surface area contributed by atoms with Crippen molar-refractivity contribution in [2.45, 2.75) is 33.5 Å². The zero-order valence-corrected chi connectivity index (χ0v) is 14.4. The van der Waals surface area contributed by atoms with Crippen LogP contribution >= 0.6 is 0 Å². The second-order valence-electron chi connectivity index (χ2n) is 6.16. The molecule has 1 N–H and O–H groups in total. The lowest BCUT2D eigenvalue weighted by molar-refractivity contribution is -0.222. The summed E-state index contributed by atoms with van der Waals surface area (Å²) in [7, 11) is 0. The van der Waals surface area contributed by atoms with Crippen molar-refractivity contribution in [2.24, 2.45) is 0 Å². The molecule has 1 aliphatic heterocycles. The number of hydrogen-bond acceptors (Lipinski definition) is 7. The zero-order valence-electron chi connectivity index (χ0n) is 14.4. The predicted molar refractivity (Wildman–Crippen MR) is 89.4 cm³/mol. The van der Waals surface area contributed by atoms with Crippen LogP contribution in [0.25, 0.3) is 11.1 Å². The highest BCUT2D eigenvalue weighted by molar-refractivity contribution is 6.15. The van der Waals surface area contributed by atoms with Crippen LogP contribution in [-0.2, 0) is 19.1 Å². The standard InChI is InChI=1S/C18H18N2O5/c1-10-15(11(2)25-20-10)12-6-5-7-13(8-12)19-9-14-16(21)23-18(3,4)24-17(14)22/h5-9,19H,1-4H3. The number of hydrogen-bond donors (Lipinski definition) is 1. The van der Waals surface area contributed by atoms with Crippen LogP contribution < -0.4 is 5.32 Å². The quantitative estimate of drug-likeness (QED) is 0.521. The van der Waals surface area contributed by atoms with Crippen molar-refractivity contribution >= 4 is 17.6 Å². The summed E-state index contributed by atoms with van der Waals surface area (Å²) in [5.74, 6) is -1.99. The molecule has 0 radical (unpaired) electrons. The van der Waals surface area contributed by atoms with Gasteiger partial charge in [-0.15, -0.1) is 0 Å². The van der Waals surface area contributed by atoms with E-state index in [9.17, 15) is 9.59 Å². The zero-order chi connectivity index (χ0) is 18.2. The lowest BCUT2D eigenvalue weighted by Gasteiger charge is -2.29. The summed E-state index contributed by atoms with van der Waals surface area (Å²) in [4.78, 5) is 23.9. The fourth-order valence-corrected chi connectivity index (χ4v) is 2.59. The fourth-order valence-electron chi connectivity index (χ4n) is 2.59. The predicted octanol–water partition coefficient (Wildman–Crippen LogP) is 3.09. The Hall–Kier alpha value is -3.09. The number of cyclic esters (lactones) is 2. The van der Waals surface area contributed by atoms with Crippen LogP contribution in [0, 0.1) is 13.8 Å². The number of anilines is 1. The van der Waals surface area contributed by atoms with Crippen LogP contribution in [0.4, 0.5) is 5.69 Å². The molecule has 0 bridgehead atoms. The fraction of sp³-hybridized carbons (Fsp3) is 0.278. The highest BCUT2D eigenvalue weighted by Gasteiger charge is 2.38. The Morgan fingerprint density at radius 2 is 1.80 bits per heavy atom. The minimum atomic E-state index is -1.26. The van der Waals surface area contributed by atoms with E-state index < -0.39 is 17.7 Å². The lowest BCUT2D eigenvalue weighted by atomic mass is 10.0. The number of aromatic nitrogens is 1. The molecule has 1 aromatic carbocycles. The van der Waals surface area contributed by atoms with E-state index in [0.717, 1.165) is 22.6 Å². The Morgan fingerprint density at radius 3 is 2.40 bits per heavy atom. The van der Waals surface area contributed by atoms with Crippen LogP contribution in [0.3, 0.4) is 0 Å². The van der Waals surface area contributed by atoms with Crippen molar-refractivity contribution in [2.75, 3.05) is 5.32 Å². The average molecular weight is 342 g/mol. The number of rotatable bonds is 3. The van der Waals surface area contributed by atoms with Gasteiger partial charge in [0.1, 0.15) is 5.76 Å². The van der Waals surface area contributed by atoms with E-state index in [0.29, 0.717) is 5.69 Å². The number of benzene rings is 1. The Labute approximate surface area is 144 Å². The van der Waals surface area contributed by atoms with Crippen LogP contribution in [0.15, 0.2) is 40.6 Å². The number of carbonyl (C=O) groups is 2. The van der Waals surface area contributed by atoms with Gasteiger partial charge in [-0.25, -0.2) is 9.59 Å². The summed E-state index contributed by atoms with van der Waals surface area (Å²) < 4.78 is 15.3. The van der Waals surface area contributed by atoms with Crippen LogP contribution in [0.2, 0.25) is 0 Å². The highest BCUT2D eigenvalue weighted by Crippen LogP contribution is 2.29. The van der Waals surface area contributed by atoms with Gasteiger partial charge in [0.15, 0.2) is 5.57 Å². The molecule has 1 saturated heterocycles. The third-order valence-electron chi connectivity index (χ3n) is 3.68. The molecule has 0 unspecified atom stereocenters. The molecule has 130 valence electrons. The Kier molecular flexibility index (Phi) is 4.08. The largest absolute Gasteiger partial charge is 0.419 e. The first-order valence-electron chi connectivity index (χ1n) is 7.73. The Morgan fingerprint density at radius 1 is 1.12 bits per heavy atom. The molecular formula is C18H18N2O5. The van der Waals surface area contributed by atoms with Crippen LogP contribution in [-0.4, -0.2) is 22.9 Å². The van der Waals surface area contributed by atoms with Gasteiger partial charge >= 0.3 is 11.9 Å². The second-order valence-corrected chi connectivity index (χ2v) is 6.16. The SMILES string of the molecule is Cc1noc(C)c1-c1cccc(NC=C2C(=O)OC(C)(C)OC2=O)c1. The third kappa shape index (κ3) is 3.40. The van der Waals surface area contributed by atoms with Crippen molar-refractivity contribution < 1.29 is 23.6 Å². The number of esters is 2. The molecule has 1 fully saturated rings. The van der Waals surface area contributed by atoms with Crippen molar-refractivity contribution in [3.63, 3.8) is 0 Å². The van der Waals surface area contributed by atoms with Crippen molar-refractivity contribution in [1.82, 2.24) is 5.16 Å². The van der Waals surface area contributed by atoms with Gasteiger partial charge in [-0.2, -0.15) is 0 Å². The molecule has 0 amide bonds. The van der Waals surface area contributed by atoms with E-state index in [2.05, 4.69) is 10.5 Å². The molecule has 7 heteroatoms. The Balaban J connectivity index is 1.84. The molecule has 1 aromatic heterocycles. The highest BCUT2D eigenvalue weighted by atomic mass is 16.7. The van der Waals surface area contributed by atoms with Crippen LogP contribution in [0.5, 0.6) is 0 Å². The number of carbonyl (C=O) groups excluding carboxylic acids is 2. The third-order valence-corrected chi connectivity index (χ3v) is 3.68. The summed E-state index contributed by atoms with van der Waals surface area (Å²) >= 11 is 0. The lowest BCUT2D eigenvalue weighted by Crippen LogP contribution is -2.42. The van der Waals surface area contributed by atoms with Gasteiger partial charge in [0.05, 0.1) is 5.69 Å². The van der Waals surface area contributed by atoms with E-state index in [1.54, 1.807) is 0 Å². The molecular weight excluding hydrogens is 324 g/mol.